The molecule has 0 aliphatic carbocycles. The van der Waals surface area contributed by atoms with Gasteiger partial charge in [0.05, 0.1) is 4.90 Å². The standard InChI is InChI=1S/C22H20ClIN2O3S/c1-15-13-18(9-12-20(15)23)25-22(27)21(14-16-5-3-2-4-6-16)26-30(28,29)19-10-7-17(24)8-11-19/h2-13,21,26H,14H2,1H3,(H,25,27)/t21-/m1/s1. The van der Waals surface area contributed by atoms with Crippen molar-refractivity contribution >= 4 is 55.8 Å². The number of hydrogen-bond acceptors (Lipinski definition) is 3. The van der Waals surface area contributed by atoms with Crippen molar-refractivity contribution in [3.63, 3.8) is 0 Å². The van der Waals surface area contributed by atoms with Crippen molar-refractivity contribution in [1.82, 2.24) is 4.72 Å². The van der Waals surface area contributed by atoms with Crippen molar-refractivity contribution in [2.75, 3.05) is 5.32 Å². The first-order valence-corrected chi connectivity index (χ1v) is 12.1. The van der Waals surface area contributed by atoms with Crippen molar-refractivity contribution in [1.29, 1.82) is 0 Å². The Morgan fingerprint density at radius 1 is 1.03 bits per heavy atom. The summed E-state index contributed by atoms with van der Waals surface area (Å²) in [4.78, 5) is 13.1. The third kappa shape index (κ3) is 6.04. The Kier molecular flexibility index (Phi) is 7.51. The number of rotatable bonds is 7. The highest BCUT2D eigenvalue weighted by Crippen LogP contribution is 2.20. The monoisotopic (exact) mass is 554 g/mol. The van der Waals surface area contributed by atoms with Gasteiger partial charge >= 0.3 is 0 Å². The molecule has 0 spiro atoms. The van der Waals surface area contributed by atoms with Gasteiger partial charge < -0.3 is 5.32 Å². The molecule has 0 unspecified atom stereocenters. The molecule has 3 aromatic rings. The van der Waals surface area contributed by atoms with E-state index in [1.165, 1.54) is 12.1 Å². The van der Waals surface area contributed by atoms with Gasteiger partial charge in [-0.25, -0.2) is 8.42 Å². The van der Waals surface area contributed by atoms with Crippen LogP contribution < -0.4 is 10.0 Å². The van der Waals surface area contributed by atoms with E-state index in [0.29, 0.717) is 10.7 Å². The zero-order chi connectivity index (χ0) is 21.7. The van der Waals surface area contributed by atoms with Gasteiger partial charge in [-0.1, -0.05) is 41.9 Å². The highest BCUT2D eigenvalue weighted by atomic mass is 127. The average Bonchev–Trinajstić information content (AvgIpc) is 2.71. The van der Waals surface area contributed by atoms with Crippen LogP contribution in [0.2, 0.25) is 5.02 Å². The minimum Gasteiger partial charge on any atom is -0.325 e. The molecule has 0 saturated heterocycles. The maximum Gasteiger partial charge on any atom is 0.242 e. The minimum absolute atomic E-state index is 0.108. The second-order valence-corrected chi connectivity index (χ2v) is 10.1. The van der Waals surface area contributed by atoms with Crippen LogP contribution in [0.15, 0.2) is 77.7 Å². The Bertz CT molecular complexity index is 1140. The number of anilines is 1. The Balaban J connectivity index is 1.86. The summed E-state index contributed by atoms with van der Waals surface area (Å²) in [6.07, 6.45) is 0.211. The Morgan fingerprint density at radius 2 is 1.70 bits per heavy atom. The maximum atomic E-state index is 13.0. The fraction of sp³-hybridized carbons (Fsp3) is 0.136. The first-order chi connectivity index (χ1) is 14.2. The number of sulfonamides is 1. The highest BCUT2D eigenvalue weighted by Gasteiger charge is 2.26. The summed E-state index contributed by atoms with van der Waals surface area (Å²) in [6.45, 7) is 1.83. The molecule has 0 fully saturated rings. The van der Waals surface area contributed by atoms with Crippen LogP contribution in [0.1, 0.15) is 11.1 Å². The van der Waals surface area contributed by atoms with Crippen LogP contribution >= 0.6 is 34.2 Å². The fourth-order valence-corrected chi connectivity index (χ4v) is 4.53. The third-order valence-corrected chi connectivity index (χ3v) is 7.08. The molecule has 1 atom stereocenters. The van der Waals surface area contributed by atoms with Crippen molar-refractivity contribution < 1.29 is 13.2 Å². The number of benzene rings is 3. The van der Waals surface area contributed by atoms with Gasteiger partial charge in [0, 0.05) is 14.3 Å². The summed E-state index contributed by atoms with van der Waals surface area (Å²) in [6, 6.07) is 19.8. The molecule has 0 heterocycles. The largest absolute Gasteiger partial charge is 0.325 e. The first kappa shape index (κ1) is 22.7. The first-order valence-electron chi connectivity index (χ1n) is 9.13. The Hall–Kier alpha value is -1.94. The number of amides is 1. The van der Waals surface area contributed by atoms with E-state index in [9.17, 15) is 13.2 Å². The summed E-state index contributed by atoms with van der Waals surface area (Å²) in [5, 5.41) is 3.38. The van der Waals surface area contributed by atoms with E-state index in [4.69, 9.17) is 11.6 Å². The molecule has 0 aliphatic rings. The Morgan fingerprint density at radius 3 is 2.33 bits per heavy atom. The smallest absolute Gasteiger partial charge is 0.242 e. The molecule has 3 aromatic carbocycles. The number of halogens is 2. The molecule has 8 heteroatoms. The second-order valence-electron chi connectivity index (χ2n) is 6.77. The zero-order valence-electron chi connectivity index (χ0n) is 16.1. The highest BCUT2D eigenvalue weighted by molar-refractivity contribution is 14.1. The van der Waals surface area contributed by atoms with Crippen LogP contribution in [0.25, 0.3) is 0 Å². The number of carbonyl (C=O) groups is 1. The van der Waals surface area contributed by atoms with E-state index < -0.39 is 22.0 Å². The third-order valence-electron chi connectivity index (χ3n) is 4.45. The maximum absolute atomic E-state index is 13.0. The molecule has 156 valence electrons. The quantitative estimate of drug-likeness (QED) is 0.413. The molecule has 1 amide bonds. The molecule has 0 aliphatic heterocycles. The van der Waals surface area contributed by atoms with E-state index in [2.05, 4.69) is 32.6 Å². The SMILES string of the molecule is Cc1cc(NC(=O)[C@@H](Cc2ccccc2)NS(=O)(=O)c2ccc(I)cc2)ccc1Cl. The minimum atomic E-state index is -3.88. The van der Waals surface area contributed by atoms with Crippen LogP contribution in [0, 0.1) is 10.5 Å². The van der Waals surface area contributed by atoms with Gasteiger partial charge in [0.2, 0.25) is 15.9 Å². The normalized spacial score (nSPS) is 12.4. The summed E-state index contributed by atoms with van der Waals surface area (Å²) in [7, 11) is -3.88. The summed E-state index contributed by atoms with van der Waals surface area (Å²) in [5.41, 5.74) is 2.21. The molecule has 30 heavy (non-hydrogen) atoms. The number of carbonyl (C=O) groups excluding carboxylic acids is 1. The van der Waals surface area contributed by atoms with Crippen LogP contribution in [0.4, 0.5) is 5.69 Å². The summed E-state index contributed by atoms with van der Waals surface area (Å²) in [5.74, 6) is -0.449. The lowest BCUT2D eigenvalue weighted by atomic mass is 10.1. The molecule has 0 aromatic heterocycles. The molecule has 2 N–H and O–H groups in total. The molecule has 0 bridgehead atoms. The topological polar surface area (TPSA) is 75.3 Å². The van der Waals surface area contributed by atoms with Crippen molar-refractivity contribution in [2.24, 2.45) is 0 Å². The van der Waals surface area contributed by atoms with Gasteiger partial charge in [-0.15, -0.1) is 0 Å². The van der Waals surface area contributed by atoms with Crippen molar-refractivity contribution in [2.45, 2.75) is 24.3 Å². The van der Waals surface area contributed by atoms with Crippen LogP contribution in [-0.4, -0.2) is 20.4 Å². The molecular formula is C22H20ClIN2O3S. The molecule has 0 saturated carbocycles. The predicted molar refractivity (Wildman–Crippen MR) is 128 cm³/mol. The van der Waals surface area contributed by atoms with Gasteiger partial charge in [-0.05, 0) is 89.5 Å². The van der Waals surface area contributed by atoms with E-state index in [1.54, 1.807) is 30.3 Å². The van der Waals surface area contributed by atoms with Gasteiger partial charge in [0.15, 0.2) is 0 Å². The number of aryl methyl sites for hydroxylation is 1. The number of nitrogens with one attached hydrogen (secondary N) is 2. The fourth-order valence-electron chi connectivity index (χ4n) is 2.86. The van der Waals surface area contributed by atoms with Gasteiger partial charge in [-0.3, -0.25) is 4.79 Å². The van der Waals surface area contributed by atoms with E-state index in [-0.39, 0.29) is 11.3 Å². The van der Waals surface area contributed by atoms with E-state index in [1.807, 2.05) is 37.3 Å². The summed E-state index contributed by atoms with van der Waals surface area (Å²) >= 11 is 8.15. The lowest BCUT2D eigenvalue weighted by Crippen LogP contribution is -2.45. The van der Waals surface area contributed by atoms with Crippen LogP contribution in [-0.2, 0) is 21.2 Å². The van der Waals surface area contributed by atoms with Crippen LogP contribution in [0.5, 0.6) is 0 Å². The van der Waals surface area contributed by atoms with Gasteiger partial charge in [0.1, 0.15) is 6.04 Å². The molecule has 0 radical (unpaired) electrons. The van der Waals surface area contributed by atoms with E-state index in [0.717, 1.165) is 14.7 Å². The number of hydrogen-bond donors (Lipinski definition) is 2. The molecule has 5 nitrogen and oxygen atoms in total. The van der Waals surface area contributed by atoms with Gasteiger partial charge in [0.25, 0.3) is 0 Å². The molecular weight excluding hydrogens is 535 g/mol. The van der Waals surface area contributed by atoms with Crippen molar-refractivity contribution in [3.05, 3.63) is 92.5 Å². The molecule has 3 rings (SSSR count). The lowest BCUT2D eigenvalue weighted by molar-refractivity contribution is -0.117. The summed E-state index contributed by atoms with van der Waals surface area (Å²) < 4.78 is 29.3. The predicted octanol–water partition coefficient (Wildman–Crippen LogP) is 4.78. The average molecular weight is 555 g/mol. The van der Waals surface area contributed by atoms with Crippen LogP contribution in [0.3, 0.4) is 0 Å². The Labute approximate surface area is 195 Å². The zero-order valence-corrected chi connectivity index (χ0v) is 19.8. The van der Waals surface area contributed by atoms with E-state index >= 15 is 0 Å². The lowest BCUT2D eigenvalue weighted by Gasteiger charge is -2.19. The van der Waals surface area contributed by atoms with Crippen molar-refractivity contribution in [3.8, 4) is 0 Å². The van der Waals surface area contributed by atoms with Gasteiger partial charge in [-0.2, -0.15) is 4.72 Å². The second kappa shape index (κ2) is 9.91.